The van der Waals surface area contributed by atoms with Crippen LogP contribution in [0.2, 0.25) is 0 Å². The lowest BCUT2D eigenvalue weighted by Gasteiger charge is -2.29. The molecule has 51 heteroatoms. The van der Waals surface area contributed by atoms with E-state index in [0.29, 0.717) is 4.90 Å². The van der Waals surface area contributed by atoms with E-state index in [2.05, 4.69) is 44.9 Å². The van der Waals surface area contributed by atoms with Gasteiger partial charge in [-0.25, -0.2) is 58.9 Å². The molecule has 0 saturated carbocycles. The monoisotopic (exact) mass is 1790 g/mol. The number of esters is 3. The van der Waals surface area contributed by atoms with Crippen LogP contribution in [0.1, 0.15) is 159 Å². The van der Waals surface area contributed by atoms with Crippen LogP contribution in [-0.4, -0.2) is 261 Å². The number of nitrogens with two attached hydrogens (primary N) is 4. The highest BCUT2D eigenvalue weighted by Crippen LogP contribution is 2.52. The maximum absolute atomic E-state index is 14.1. The van der Waals surface area contributed by atoms with E-state index in [1.54, 1.807) is 88.3 Å². The van der Waals surface area contributed by atoms with Gasteiger partial charge in [-0.05, 0) is 123 Å². The Labute approximate surface area is 703 Å². The van der Waals surface area contributed by atoms with Gasteiger partial charge in [0.05, 0.1) is 58.5 Å². The molecule has 11 rings (SSSR count). The van der Waals surface area contributed by atoms with Crippen molar-refractivity contribution in [3.8, 4) is 6.07 Å². The van der Waals surface area contributed by atoms with Gasteiger partial charge in [-0.2, -0.15) is 20.1 Å². The first-order valence-corrected chi connectivity index (χ1v) is 43.5. The number of ether oxygens (including phenoxy) is 13. The number of anilines is 3. The molecule has 678 valence electrons. The fourth-order valence-electron chi connectivity index (χ4n) is 12.4. The lowest BCUT2D eigenvalue weighted by molar-refractivity contribution is -0.203. The van der Waals surface area contributed by atoms with Gasteiger partial charge < -0.3 is 129 Å². The third-order valence-corrected chi connectivity index (χ3v) is 21.1. The molecule has 10 heterocycles. The van der Waals surface area contributed by atoms with Crippen LogP contribution in [0.15, 0.2) is 49.3 Å². The zero-order valence-electron chi connectivity index (χ0n) is 70.5. The van der Waals surface area contributed by atoms with Crippen LogP contribution in [-0.2, 0) is 114 Å². The van der Waals surface area contributed by atoms with Crippen LogP contribution in [0.4, 0.5) is 27.0 Å². The van der Waals surface area contributed by atoms with E-state index in [1.807, 2.05) is 24.3 Å². The molecule has 16 N–H and O–H groups in total. The van der Waals surface area contributed by atoms with Gasteiger partial charge in [-0.1, -0.05) is 30.3 Å². The van der Waals surface area contributed by atoms with Crippen molar-refractivity contribution in [1.82, 2.24) is 58.6 Å². The summed E-state index contributed by atoms with van der Waals surface area (Å²) in [5.74, 6) is -10.9. The number of carbonyl (C=O) groups excluding carboxylic acids is 5. The summed E-state index contributed by atoms with van der Waals surface area (Å²) in [5, 5.41) is 51.9. The molecule has 48 nitrogen and oxygen atoms in total. The molecule has 2 amide bonds. The van der Waals surface area contributed by atoms with Gasteiger partial charge in [-0.15, -0.1) is 0 Å². The quantitative estimate of drug-likeness (QED) is 0.0235. The number of hydrogen-bond donors (Lipinski definition) is 12. The summed E-state index contributed by atoms with van der Waals surface area (Å²) in [6.45, 7) is 27.0. The Hall–Kier alpha value is -8.96. The maximum Gasteiger partial charge on any atom is 0.425 e. The zero-order valence-corrected chi connectivity index (χ0v) is 73.2. The second-order valence-electron chi connectivity index (χ2n) is 33.9. The number of amides is 2. The number of rotatable bonds is 24. The zero-order chi connectivity index (χ0) is 91.7. The summed E-state index contributed by atoms with van der Waals surface area (Å²) >= 11 is 0. The minimum Gasteiger partial charge on any atom is -0.458 e. The lowest BCUT2D eigenvalue weighted by atomic mass is 10.1. The highest BCUT2D eigenvalue weighted by molar-refractivity contribution is 7.59. The van der Waals surface area contributed by atoms with Crippen LogP contribution in [0.25, 0.3) is 33.5 Å². The number of hydrogen-bond acceptors (Lipinski definition) is 40. The molecule has 4 aliphatic rings. The topological polar surface area (TPSA) is 690 Å². The van der Waals surface area contributed by atoms with Crippen LogP contribution >= 0.6 is 22.6 Å². The minimum atomic E-state index is -5.07. The van der Waals surface area contributed by atoms with Crippen molar-refractivity contribution in [2.45, 2.75) is 262 Å². The molecule has 4 aliphatic heterocycles. The molecular formula is C72H105N18O30P3. The van der Waals surface area contributed by atoms with Crippen LogP contribution in [0.5, 0.6) is 0 Å². The summed E-state index contributed by atoms with van der Waals surface area (Å²) < 4.78 is 121. The predicted molar refractivity (Wildman–Crippen MR) is 425 cm³/mol. The minimum absolute atomic E-state index is 0.00703. The summed E-state index contributed by atoms with van der Waals surface area (Å²) in [7, 11) is -14.0. The van der Waals surface area contributed by atoms with E-state index in [0.717, 1.165) is 5.56 Å². The molecular weight excluding hydrogens is 1690 g/mol. The SMILES string of the molecule is CC(C)(C)OC(=O)C(OC[C@H]1O[C@@H](n2cnc3c(N(C(=O)OC(C)(C)C)C(=O)OC(C)(C)C)nc(C#N)nc32)[C@@H]2OC(C)(C)O[C@@H]21)P(C)(=O)OCc1ccccc1.CC(C)(C)OC(=O)[C@@H](OC[C@H]1O[C@@H](n2cnc3c(N)nc(CN)nc32)[C@H](O)[C@@H]1O)P(=O)(O)O.CC(C)(C)OC(=O)[C@H](OC[C@H]1O[C@@H](n2cnc3c(N)nc(CN)nc32)[C@H](O)[C@@H]1O)P(=O)(O)O. The Morgan fingerprint density at radius 2 is 0.886 bits per heavy atom. The first-order valence-electron chi connectivity index (χ1n) is 38.0. The number of fused-ring (bicyclic) bond motifs is 4. The second kappa shape index (κ2) is 37.7. The highest BCUT2D eigenvalue weighted by atomic mass is 31.2. The Bertz CT molecular complexity index is 4970. The molecule has 4 fully saturated rings. The number of nitrogen functional groups attached to an aromatic ring is 2. The molecule has 7 aromatic rings. The van der Waals surface area contributed by atoms with Gasteiger partial charge in [0.2, 0.25) is 19.0 Å². The summed E-state index contributed by atoms with van der Waals surface area (Å²) in [6.07, 6.45) is -13.0. The Kier molecular flexibility index (Phi) is 30.0. The number of imide groups is 1. The molecule has 4 saturated heterocycles. The summed E-state index contributed by atoms with van der Waals surface area (Å²) in [6, 6.07) is 10.9. The molecule has 2 unspecified atom stereocenters. The number of aliphatic hydroxyl groups excluding tert-OH is 4. The third kappa shape index (κ3) is 24.6. The largest absolute Gasteiger partial charge is 0.458 e. The third-order valence-electron chi connectivity index (χ3n) is 17.3. The van der Waals surface area contributed by atoms with E-state index in [-0.39, 0.29) is 88.9 Å². The average Bonchev–Trinajstić information content (AvgIpc) is 1.59. The fourth-order valence-corrected chi connectivity index (χ4v) is 14.9. The van der Waals surface area contributed by atoms with Gasteiger partial charge >= 0.3 is 45.3 Å². The second-order valence-corrected chi connectivity index (χ2v) is 39.8. The molecule has 16 atom stereocenters. The molecule has 0 bridgehead atoms. The first kappa shape index (κ1) is 97.8. The van der Waals surface area contributed by atoms with Crippen molar-refractivity contribution in [2.75, 3.05) is 42.9 Å². The van der Waals surface area contributed by atoms with E-state index in [1.165, 1.54) is 80.9 Å². The number of aromatic nitrogens is 12. The highest BCUT2D eigenvalue weighted by Gasteiger charge is 2.58. The van der Waals surface area contributed by atoms with Crippen LogP contribution < -0.4 is 27.8 Å². The molecule has 123 heavy (non-hydrogen) atoms. The number of aliphatic hydroxyl groups is 4. The van der Waals surface area contributed by atoms with Crippen molar-refractivity contribution in [2.24, 2.45) is 11.5 Å². The van der Waals surface area contributed by atoms with Gasteiger partial charge in [0.1, 0.15) is 112 Å². The van der Waals surface area contributed by atoms with Gasteiger partial charge in [-0.3, -0.25) is 27.4 Å². The summed E-state index contributed by atoms with van der Waals surface area (Å²) in [5.41, 5.74) is 19.3. The van der Waals surface area contributed by atoms with Gasteiger partial charge in [0.25, 0.3) is 11.7 Å². The smallest absolute Gasteiger partial charge is 0.425 e. The van der Waals surface area contributed by atoms with Gasteiger partial charge in [0.15, 0.2) is 64.4 Å². The number of carbonyl (C=O) groups is 5. The lowest BCUT2D eigenvalue weighted by Crippen LogP contribution is -2.44. The first-order chi connectivity index (χ1) is 56.7. The average molecular weight is 1800 g/mol. The van der Waals surface area contributed by atoms with E-state index in [9.17, 15) is 82.9 Å². The number of benzene rings is 1. The Morgan fingerprint density at radius 3 is 1.28 bits per heavy atom. The van der Waals surface area contributed by atoms with Crippen molar-refractivity contribution in [3.05, 3.63) is 72.4 Å². The Balaban J connectivity index is 0.000000223. The van der Waals surface area contributed by atoms with Crippen molar-refractivity contribution in [1.29, 1.82) is 5.26 Å². The van der Waals surface area contributed by atoms with E-state index >= 15 is 0 Å². The molecule has 1 aromatic carbocycles. The molecule has 0 radical (unpaired) electrons. The molecule has 0 spiro atoms. The van der Waals surface area contributed by atoms with Gasteiger partial charge in [0, 0.05) is 6.66 Å². The van der Waals surface area contributed by atoms with E-state index < -0.39 is 197 Å². The normalized spacial score (nSPS) is 23.6. The number of nitrogens with zero attached hydrogens (tertiary/aromatic N) is 14. The molecule has 0 aliphatic carbocycles. The van der Waals surface area contributed by atoms with Crippen molar-refractivity contribution >= 4 is 104 Å². The van der Waals surface area contributed by atoms with Crippen LogP contribution in [0, 0.1) is 11.3 Å². The number of nitriles is 1. The van der Waals surface area contributed by atoms with E-state index in [4.69, 9.17) is 89.0 Å². The Morgan fingerprint density at radius 1 is 0.520 bits per heavy atom. The summed E-state index contributed by atoms with van der Waals surface area (Å²) in [4.78, 5) is 141. The van der Waals surface area contributed by atoms with Crippen LogP contribution in [0.3, 0.4) is 0 Å². The van der Waals surface area contributed by atoms with Crippen molar-refractivity contribution < 1.29 is 144 Å². The maximum atomic E-state index is 14.1. The molecule has 6 aromatic heterocycles. The fraction of sp³-hybridized carbons (Fsp3) is 0.625. The standard InChI is InChI=1S/C38H51N6O12P.2C17H27N6O9P/c1-35(2,3)54-31(45)32(57(12,48)50-19-22-16-14-13-15-17-22)49-20-23-26-27(53-38(10,11)52-26)30(51-23)43-21-40-25-28(43)41-24(18-39)42-29(25)44(33(46)55-36(4,5)6)34(47)56-37(7,8)9;2*1-17(2,3)32-15(26)16(33(27,28)29)30-5-7-10(24)11(25)14(31-7)23-6-20-9-12(19)21-8(4-18)22-13(9)23/h13-17,21,23,26-27,30,32H,19-20H2,1-12H3;2*6-7,10-11,14,16,24-25H,4-5,18H2,1-3H3,(H2,19,21,22)(H2,27,28,29)/t23-,26-,27-,30-,32?,57?;7-,10-,11-,14-,16+;7-,10-,11-,14-,16-/m111/s1. The number of imidazole rings is 3. The predicted octanol–water partition coefficient (Wildman–Crippen LogP) is 3.30. The van der Waals surface area contributed by atoms with Crippen molar-refractivity contribution in [3.63, 3.8) is 0 Å².